The monoisotopic (exact) mass is 251 g/mol. The van der Waals surface area contributed by atoms with Crippen molar-refractivity contribution in [2.24, 2.45) is 17.6 Å². The largest absolute Gasteiger partial charge is 0.330 e. The van der Waals surface area contributed by atoms with Crippen molar-refractivity contribution in [3.8, 4) is 0 Å². The van der Waals surface area contributed by atoms with Crippen LogP contribution < -0.4 is 5.73 Å². The molecular weight excluding hydrogens is 229 g/mol. The highest BCUT2D eigenvalue weighted by atomic mass is 19.1. The van der Waals surface area contributed by atoms with Crippen molar-refractivity contribution in [3.63, 3.8) is 0 Å². The third-order valence-corrected chi connectivity index (χ3v) is 2.98. The van der Waals surface area contributed by atoms with E-state index in [1.54, 1.807) is 13.0 Å². The van der Waals surface area contributed by atoms with Crippen LogP contribution in [0.5, 0.6) is 0 Å². The first-order valence-corrected chi connectivity index (χ1v) is 6.42. The summed E-state index contributed by atoms with van der Waals surface area (Å²) in [6.45, 7) is 6.51. The minimum atomic E-state index is -0.355. The molecule has 0 saturated heterocycles. The van der Waals surface area contributed by atoms with E-state index in [9.17, 15) is 9.18 Å². The Morgan fingerprint density at radius 1 is 1.33 bits per heavy atom. The van der Waals surface area contributed by atoms with E-state index >= 15 is 0 Å². The molecule has 0 heterocycles. The number of aryl methyl sites for hydroxylation is 1. The summed E-state index contributed by atoms with van der Waals surface area (Å²) in [6.07, 6.45) is 1.33. The van der Waals surface area contributed by atoms with Gasteiger partial charge in [-0.05, 0) is 55.5 Å². The van der Waals surface area contributed by atoms with Crippen molar-refractivity contribution in [2.45, 2.75) is 33.6 Å². The maximum absolute atomic E-state index is 13.2. The normalized spacial score (nSPS) is 12.8. The van der Waals surface area contributed by atoms with Crippen LogP contribution in [0, 0.1) is 24.6 Å². The zero-order valence-corrected chi connectivity index (χ0v) is 11.4. The Kier molecular flexibility index (Phi) is 5.48. The van der Waals surface area contributed by atoms with Gasteiger partial charge in [-0.15, -0.1) is 0 Å². The summed E-state index contributed by atoms with van der Waals surface area (Å²) in [6, 6.07) is 4.46. The predicted octanol–water partition coefficient (Wildman–Crippen LogP) is 3.33. The molecule has 18 heavy (non-hydrogen) atoms. The highest BCUT2D eigenvalue weighted by molar-refractivity contribution is 5.96. The maximum Gasteiger partial charge on any atom is 0.163 e. The highest BCUT2D eigenvalue weighted by Gasteiger charge is 2.16. The number of hydrogen-bond acceptors (Lipinski definition) is 2. The zero-order valence-electron chi connectivity index (χ0n) is 11.4. The van der Waals surface area contributed by atoms with Crippen molar-refractivity contribution in [1.82, 2.24) is 0 Å². The standard InChI is InChI=1S/C15H22FNO/c1-10(2)4-12(9-17)7-15(18)13-5-11(3)6-14(16)8-13/h5-6,8,10,12H,4,7,9,17H2,1-3H3. The Morgan fingerprint density at radius 3 is 2.50 bits per heavy atom. The lowest BCUT2D eigenvalue weighted by molar-refractivity contribution is 0.0957. The van der Waals surface area contributed by atoms with Crippen LogP contribution in [0.15, 0.2) is 18.2 Å². The third-order valence-electron chi connectivity index (χ3n) is 2.98. The molecule has 0 aliphatic carbocycles. The van der Waals surface area contributed by atoms with E-state index in [1.807, 2.05) is 0 Å². The van der Waals surface area contributed by atoms with Crippen LogP contribution in [0.1, 0.15) is 42.6 Å². The first-order valence-electron chi connectivity index (χ1n) is 6.42. The average Bonchev–Trinajstić information content (AvgIpc) is 2.26. The number of ketones is 1. The summed E-state index contributed by atoms with van der Waals surface area (Å²) in [5, 5.41) is 0. The molecule has 0 aliphatic rings. The predicted molar refractivity (Wildman–Crippen MR) is 72.1 cm³/mol. The molecule has 1 aromatic rings. The van der Waals surface area contributed by atoms with Gasteiger partial charge in [0.05, 0.1) is 0 Å². The second-order valence-electron chi connectivity index (χ2n) is 5.38. The van der Waals surface area contributed by atoms with Crippen molar-refractivity contribution < 1.29 is 9.18 Å². The molecule has 2 N–H and O–H groups in total. The second-order valence-corrected chi connectivity index (χ2v) is 5.38. The number of carbonyl (C=O) groups is 1. The number of carbonyl (C=O) groups excluding carboxylic acids is 1. The fourth-order valence-corrected chi connectivity index (χ4v) is 2.21. The molecule has 0 saturated carbocycles. The van der Waals surface area contributed by atoms with E-state index in [0.717, 1.165) is 12.0 Å². The number of halogens is 1. The van der Waals surface area contributed by atoms with E-state index in [1.165, 1.54) is 12.1 Å². The van der Waals surface area contributed by atoms with Crippen LogP contribution in [-0.4, -0.2) is 12.3 Å². The number of rotatable bonds is 6. The van der Waals surface area contributed by atoms with E-state index in [0.29, 0.717) is 24.4 Å². The van der Waals surface area contributed by atoms with Crippen LogP contribution in [0.4, 0.5) is 4.39 Å². The van der Waals surface area contributed by atoms with Crippen LogP contribution in [-0.2, 0) is 0 Å². The molecular formula is C15H22FNO. The lowest BCUT2D eigenvalue weighted by Gasteiger charge is -2.16. The van der Waals surface area contributed by atoms with Gasteiger partial charge in [0, 0.05) is 12.0 Å². The van der Waals surface area contributed by atoms with Gasteiger partial charge in [0.1, 0.15) is 5.82 Å². The SMILES string of the molecule is Cc1cc(F)cc(C(=O)CC(CN)CC(C)C)c1. The Labute approximate surface area is 108 Å². The lowest BCUT2D eigenvalue weighted by Crippen LogP contribution is -2.20. The Hall–Kier alpha value is -1.22. The van der Waals surface area contributed by atoms with Crippen LogP contribution in [0.25, 0.3) is 0 Å². The van der Waals surface area contributed by atoms with E-state index in [2.05, 4.69) is 13.8 Å². The molecule has 0 fully saturated rings. The highest BCUT2D eigenvalue weighted by Crippen LogP contribution is 2.18. The van der Waals surface area contributed by atoms with Gasteiger partial charge in [0.25, 0.3) is 0 Å². The van der Waals surface area contributed by atoms with Gasteiger partial charge in [-0.1, -0.05) is 13.8 Å². The van der Waals surface area contributed by atoms with Gasteiger partial charge in [0.2, 0.25) is 0 Å². The van der Waals surface area contributed by atoms with Crippen molar-refractivity contribution >= 4 is 5.78 Å². The zero-order chi connectivity index (χ0) is 13.7. The van der Waals surface area contributed by atoms with E-state index in [4.69, 9.17) is 5.73 Å². The van der Waals surface area contributed by atoms with Crippen LogP contribution in [0.2, 0.25) is 0 Å². The van der Waals surface area contributed by atoms with Crippen molar-refractivity contribution in [1.29, 1.82) is 0 Å². The van der Waals surface area contributed by atoms with Crippen molar-refractivity contribution in [3.05, 3.63) is 35.1 Å². The molecule has 100 valence electrons. The van der Waals surface area contributed by atoms with Gasteiger partial charge >= 0.3 is 0 Å². The first-order chi connectivity index (χ1) is 8.42. The molecule has 0 amide bonds. The quantitative estimate of drug-likeness (QED) is 0.788. The number of nitrogens with two attached hydrogens (primary N) is 1. The minimum absolute atomic E-state index is 0.0197. The number of hydrogen-bond donors (Lipinski definition) is 1. The topological polar surface area (TPSA) is 43.1 Å². The minimum Gasteiger partial charge on any atom is -0.330 e. The van der Waals surface area contributed by atoms with Crippen LogP contribution in [0.3, 0.4) is 0 Å². The summed E-state index contributed by atoms with van der Waals surface area (Å²) in [4.78, 5) is 12.1. The summed E-state index contributed by atoms with van der Waals surface area (Å²) < 4.78 is 13.2. The molecule has 0 radical (unpaired) electrons. The molecule has 3 heteroatoms. The number of Topliss-reactive ketones (excluding diaryl/α,β-unsaturated/α-hetero) is 1. The van der Waals surface area contributed by atoms with Gasteiger partial charge in [-0.25, -0.2) is 4.39 Å². The number of benzene rings is 1. The summed E-state index contributed by atoms with van der Waals surface area (Å²) in [5.74, 6) is 0.321. The maximum atomic E-state index is 13.2. The molecule has 0 bridgehead atoms. The van der Waals surface area contributed by atoms with Crippen LogP contribution >= 0.6 is 0 Å². The molecule has 1 atom stereocenters. The molecule has 0 spiro atoms. The fraction of sp³-hybridized carbons (Fsp3) is 0.533. The van der Waals surface area contributed by atoms with Crippen molar-refractivity contribution in [2.75, 3.05) is 6.54 Å². The van der Waals surface area contributed by atoms with E-state index in [-0.39, 0.29) is 17.5 Å². The lowest BCUT2D eigenvalue weighted by atomic mass is 9.90. The molecule has 0 aliphatic heterocycles. The molecule has 0 aromatic heterocycles. The molecule has 1 rings (SSSR count). The second kappa shape index (κ2) is 6.64. The van der Waals surface area contributed by atoms with E-state index < -0.39 is 0 Å². The Bertz CT molecular complexity index is 395. The molecule has 2 nitrogen and oxygen atoms in total. The molecule has 1 unspecified atom stereocenters. The van der Waals surface area contributed by atoms with Gasteiger partial charge in [-0.2, -0.15) is 0 Å². The summed E-state index contributed by atoms with van der Waals surface area (Å²) in [7, 11) is 0. The Balaban J connectivity index is 2.74. The summed E-state index contributed by atoms with van der Waals surface area (Å²) >= 11 is 0. The summed E-state index contributed by atoms with van der Waals surface area (Å²) in [5.41, 5.74) is 6.90. The first kappa shape index (κ1) is 14.8. The van der Waals surface area contributed by atoms with Gasteiger partial charge in [0.15, 0.2) is 5.78 Å². The van der Waals surface area contributed by atoms with Gasteiger partial charge in [-0.3, -0.25) is 4.79 Å². The third kappa shape index (κ3) is 4.57. The van der Waals surface area contributed by atoms with Gasteiger partial charge < -0.3 is 5.73 Å². The molecule has 1 aromatic carbocycles. The fourth-order valence-electron chi connectivity index (χ4n) is 2.21. The smallest absolute Gasteiger partial charge is 0.163 e. The Morgan fingerprint density at radius 2 is 2.00 bits per heavy atom. The average molecular weight is 251 g/mol.